The summed E-state index contributed by atoms with van der Waals surface area (Å²) in [5, 5.41) is 7.07. The summed E-state index contributed by atoms with van der Waals surface area (Å²) in [6.07, 6.45) is 0. The average molecular weight is 480 g/mol. The summed E-state index contributed by atoms with van der Waals surface area (Å²) >= 11 is 0. The minimum atomic E-state index is -1.49. The zero-order chi connectivity index (χ0) is 25.2. The van der Waals surface area contributed by atoms with Crippen LogP contribution in [0.1, 0.15) is 40.4 Å². The number of ether oxygens (including phenoxy) is 2. The molecule has 0 fully saturated rings. The molecule has 0 saturated carbocycles. The van der Waals surface area contributed by atoms with Crippen LogP contribution in [-0.2, 0) is 22.6 Å². The van der Waals surface area contributed by atoms with Gasteiger partial charge in [-0.15, -0.1) is 0 Å². The first kappa shape index (κ1) is 23.9. The van der Waals surface area contributed by atoms with Crippen molar-refractivity contribution in [1.29, 1.82) is 0 Å². The van der Waals surface area contributed by atoms with E-state index in [1.54, 1.807) is 26.0 Å². The van der Waals surface area contributed by atoms with Crippen molar-refractivity contribution in [1.82, 2.24) is 15.1 Å². The number of carbonyl (C=O) groups excluding carboxylic acids is 3. The highest BCUT2D eigenvalue weighted by Crippen LogP contribution is 2.33. The van der Waals surface area contributed by atoms with Crippen LogP contribution in [0, 0.1) is 5.82 Å². The number of amides is 2. The van der Waals surface area contributed by atoms with Crippen LogP contribution in [0.2, 0.25) is 0 Å². The zero-order valence-electron chi connectivity index (χ0n) is 19.6. The second-order valence-electron chi connectivity index (χ2n) is 8.18. The van der Waals surface area contributed by atoms with Crippen LogP contribution in [0.4, 0.5) is 10.1 Å². The molecule has 182 valence electrons. The number of carbonyl (C=O) groups is 3. The van der Waals surface area contributed by atoms with E-state index in [4.69, 9.17) is 9.47 Å². The van der Waals surface area contributed by atoms with Gasteiger partial charge in [0, 0.05) is 23.9 Å². The number of fused-ring (bicyclic) bond motifs is 1. The zero-order valence-corrected chi connectivity index (χ0v) is 19.6. The molecule has 1 aromatic heterocycles. The number of nitrogens with zero attached hydrogens (tertiary/aromatic N) is 3. The van der Waals surface area contributed by atoms with Gasteiger partial charge >= 0.3 is 5.97 Å². The third kappa shape index (κ3) is 4.46. The highest BCUT2D eigenvalue weighted by Gasteiger charge is 2.49. The lowest BCUT2D eigenvalue weighted by Gasteiger charge is -2.43. The Kier molecular flexibility index (Phi) is 6.54. The molecule has 10 heteroatoms. The van der Waals surface area contributed by atoms with Gasteiger partial charge in [-0.2, -0.15) is 5.10 Å². The molecule has 0 unspecified atom stereocenters. The molecule has 0 aliphatic carbocycles. The van der Waals surface area contributed by atoms with Crippen molar-refractivity contribution in [3.63, 3.8) is 0 Å². The second-order valence-corrected chi connectivity index (χ2v) is 8.18. The first-order valence-corrected chi connectivity index (χ1v) is 11.0. The maximum atomic E-state index is 14.1. The van der Waals surface area contributed by atoms with Crippen LogP contribution < -0.4 is 15.0 Å². The Hall–Kier alpha value is -4.21. The number of aromatic nitrogens is 2. The predicted octanol–water partition coefficient (Wildman–Crippen LogP) is 2.94. The number of rotatable bonds is 7. The normalized spacial score (nSPS) is 17.0. The standard InChI is InChI=1S/C25H25FN4O5/c1-4-35-23(32)19-13-20-22(31)30(18-10-7-9-17(26)12-18)25(2,15-29(20)28-19)24(33)27-14-16-8-5-6-11-21(16)34-3/h5-13H,4,14-15H2,1-3H3,(H,27,33)/t25-/m1/s1. The number of nitrogens with one attached hydrogen (secondary N) is 1. The van der Waals surface area contributed by atoms with Gasteiger partial charge in [0.1, 0.15) is 22.8 Å². The Labute approximate surface area is 201 Å². The molecule has 9 nitrogen and oxygen atoms in total. The monoisotopic (exact) mass is 480 g/mol. The molecule has 1 atom stereocenters. The van der Waals surface area contributed by atoms with Crippen molar-refractivity contribution < 1.29 is 28.2 Å². The summed E-state index contributed by atoms with van der Waals surface area (Å²) in [4.78, 5) is 40.6. The van der Waals surface area contributed by atoms with E-state index in [1.165, 1.54) is 41.0 Å². The van der Waals surface area contributed by atoms with Crippen molar-refractivity contribution >= 4 is 23.5 Å². The SMILES string of the molecule is CCOC(=O)c1cc2n(n1)C[C@](C)(C(=O)NCc1ccccc1OC)N(c1cccc(F)c1)C2=O. The van der Waals surface area contributed by atoms with E-state index >= 15 is 0 Å². The minimum absolute atomic E-state index is 0.0481. The van der Waals surface area contributed by atoms with E-state index in [0.29, 0.717) is 5.75 Å². The molecule has 4 rings (SSSR count). The predicted molar refractivity (Wildman–Crippen MR) is 125 cm³/mol. The maximum absolute atomic E-state index is 14.1. The van der Waals surface area contributed by atoms with Gasteiger partial charge in [-0.25, -0.2) is 9.18 Å². The summed E-state index contributed by atoms with van der Waals surface area (Å²) in [5.41, 5.74) is -0.496. The Morgan fingerprint density at radius 2 is 1.94 bits per heavy atom. The van der Waals surface area contributed by atoms with Crippen molar-refractivity contribution in [2.45, 2.75) is 32.5 Å². The molecule has 2 aromatic carbocycles. The molecule has 0 radical (unpaired) electrons. The lowest BCUT2D eigenvalue weighted by molar-refractivity contribution is -0.126. The molecule has 2 amide bonds. The summed E-state index contributed by atoms with van der Waals surface area (Å²) < 4.78 is 25.8. The number of hydrogen-bond donors (Lipinski definition) is 1. The smallest absolute Gasteiger partial charge is 0.358 e. The number of hydrogen-bond acceptors (Lipinski definition) is 6. The van der Waals surface area contributed by atoms with Crippen LogP contribution in [-0.4, -0.2) is 46.8 Å². The molecule has 0 saturated heterocycles. The summed E-state index contributed by atoms with van der Waals surface area (Å²) in [6, 6.07) is 14.0. The van der Waals surface area contributed by atoms with Gasteiger partial charge in [-0.3, -0.25) is 19.2 Å². The van der Waals surface area contributed by atoms with Crippen molar-refractivity contribution in [2.75, 3.05) is 18.6 Å². The largest absolute Gasteiger partial charge is 0.496 e. The summed E-state index contributed by atoms with van der Waals surface area (Å²) in [7, 11) is 1.54. The fourth-order valence-electron chi connectivity index (χ4n) is 4.12. The number of methoxy groups -OCH3 is 1. The summed E-state index contributed by atoms with van der Waals surface area (Å²) in [6.45, 7) is 3.45. The molecule has 2 heterocycles. The van der Waals surface area contributed by atoms with E-state index < -0.39 is 29.1 Å². The maximum Gasteiger partial charge on any atom is 0.358 e. The Morgan fingerprint density at radius 3 is 2.66 bits per heavy atom. The van der Waals surface area contributed by atoms with E-state index in [2.05, 4.69) is 10.4 Å². The minimum Gasteiger partial charge on any atom is -0.496 e. The first-order valence-electron chi connectivity index (χ1n) is 11.0. The van der Waals surface area contributed by atoms with Crippen LogP contribution >= 0.6 is 0 Å². The third-order valence-electron chi connectivity index (χ3n) is 5.83. The van der Waals surface area contributed by atoms with Crippen LogP contribution in [0.15, 0.2) is 54.6 Å². The number of anilines is 1. The van der Waals surface area contributed by atoms with E-state index in [9.17, 15) is 18.8 Å². The molecule has 0 bridgehead atoms. The van der Waals surface area contributed by atoms with Crippen molar-refractivity contribution in [3.05, 3.63) is 77.4 Å². The average Bonchev–Trinajstić information content (AvgIpc) is 3.27. The fourth-order valence-corrected chi connectivity index (χ4v) is 4.12. The van der Waals surface area contributed by atoms with Gasteiger partial charge in [0.2, 0.25) is 5.91 Å². The first-order chi connectivity index (χ1) is 16.8. The quantitative estimate of drug-likeness (QED) is 0.522. The van der Waals surface area contributed by atoms with E-state index in [0.717, 1.165) is 5.56 Å². The second kappa shape index (κ2) is 9.57. The van der Waals surface area contributed by atoms with Gasteiger partial charge in [0.25, 0.3) is 5.91 Å². The van der Waals surface area contributed by atoms with Gasteiger partial charge in [0.15, 0.2) is 5.69 Å². The fraction of sp³-hybridized carbons (Fsp3) is 0.280. The van der Waals surface area contributed by atoms with E-state index in [-0.39, 0.29) is 36.8 Å². The van der Waals surface area contributed by atoms with E-state index in [1.807, 2.05) is 18.2 Å². The molecule has 3 aromatic rings. The van der Waals surface area contributed by atoms with Crippen molar-refractivity contribution in [2.24, 2.45) is 0 Å². The molecular formula is C25H25FN4O5. The highest BCUT2D eigenvalue weighted by atomic mass is 19.1. The summed E-state index contributed by atoms with van der Waals surface area (Å²) in [5.74, 6) is -1.71. The Bertz CT molecular complexity index is 1290. The van der Waals surface area contributed by atoms with Gasteiger partial charge in [-0.05, 0) is 38.1 Å². The Morgan fingerprint density at radius 1 is 1.17 bits per heavy atom. The lowest BCUT2D eigenvalue weighted by Crippen LogP contribution is -2.64. The topological polar surface area (TPSA) is 103 Å². The van der Waals surface area contributed by atoms with Gasteiger partial charge in [-0.1, -0.05) is 24.3 Å². The Balaban J connectivity index is 1.72. The molecule has 1 aliphatic heterocycles. The lowest BCUT2D eigenvalue weighted by atomic mass is 9.93. The van der Waals surface area contributed by atoms with Crippen LogP contribution in [0.5, 0.6) is 5.75 Å². The third-order valence-corrected chi connectivity index (χ3v) is 5.83. The molecule has 1 aliphatic rings. The molecular weight excluding hydrogens is 455 g/mol. The number of halogens is 1. The highest BCUT2D eigenvalue weighted by molar-refractivity contribution is 6.12. The van der Waals surface area contributed by atoms with Crippen molar-refractivity contribution in [3.8, 4) is 5.75 Å². The molecule has 0 spiro atoms. The number of para-hydroxylation sites is 1. The van der Waals surface area contributed by atoms with Gasteiger partial charge < -0.3 is 14.8 Å². The van der Waals surface area contributed by atoms with Crippen LogP contribution in [0.3, 0.4) is 0 Å². The van der Waals surface area contributed by atoms with Gasteiger partial charge in [0.05, 0.1) is 20.3 Å². The van der Waals surface area contributed by atoms with Crippen LogP contribution in [0.25, 0.3) is 0 Å². The molecule has 1 N–H and O–H groups in total. The molecule has 35 heavy (non-hydrogen) atoms. The number of benzene rings is 2. The number of esters is 1.